The van der Waals surface area contributed by atoms with Crippen LogP contribution >= 0.6 is 23.2 Å². The summed E-state index contributed by atoms with van der Waals surface area (Å²) < 4.78 is 5.71. The molecular weight excluding hydrogens is 421 g/mol. The van der Waals surface area contributed by atoms with Crippen LogP contribution < -0.4 is 10.2 Å². The van der Waals surface area contributed by atoms with Gasteiger partial charge in [-0.25, -0.2) is 0 Å². The molecule has 1 saturated heterocycles. The van der Waals surface area contributed by atoms with Crippen molar-refractivity contribution in [3.63, 3.8) is 0 Å². The smallest absolute Gasteiger partial charge is 0.291 e. The second kappa shape index (κ2) is 9.13. The Kier molecular flexibility index (Phi) is 6.32. The lowest BCUT2D eigenvalue weighted by atomic mass is 10.2. The molecule has 5 nitrogen and oxygen atoms in total. The van der Waals surface area contributed by atoms with Gasteiger partial charge >= 0.3 is 0 Å². The van der Waals surface area contributed by atoms with Crippen molar-refractivity contribution >= 4 is 40.5 Å². The van der Waals surface area contributed by atoms with Crippen LogP contribution in [0.5, 0.6) is 0 Å². The van der Waals surface area contributed by atoms with Gasteiger partial charge in [-0.1, -0.05) is 30.1 Å². The summed E-state index contributed by atoms with van der Waals surface area (Å²) in [5, 5.41) is 3.90. The third-order valence-corrected chi connectivity index (χ3v) is 5.88. The molecule has 30 heavy (non-hydrogen) atoms. The average Bonchev–Trinajstić information content (AvgIpc) is 3.24. The van der Waals surface area contributed by atoms with Crippen molar-refractivity contribution < 1.29 is 9.21 Å². The Morgan fingerprint density at radius 1 is 1.00 bits per heavy atom. The van der Waals surface area contributed by atoms with Crippen molar-refractivity contribution in [3.05, 3.63) is 70.4 Å². The summed E-state index contributed by atoms with van der Waals surface area (Å²) in [6.07, 6.45) is 0. The number of hydrogen-bond acceptors (Lipinski definition) is 4. The molecule has 1 aliphatic heterocycles. The Morgan fingerprint density at radius 3 is 2.40 bits per heavy atom. The van der Waals surface area contributed by atoms with Crippen LogP contribution in [0.15, 0.2) is 59.0 Å². The van der Waals surface area contributed by atoms with E-state index in [0.29, 0.717) is 21.4 Å². The molecular formula is C23H23Cl2N3O2. The van der Waals surface area contributed by atoms with Gasteiger partial charge in [0, 0.05) is 48.1 Å². The summed E-state index contributed by atoms with van der Waals surface area (Å²) in [4.78, 5) is 17.4. The van der Waals surface area contributed by atoms with Crippen LogP contribution in [0.1, 0.15) is 17.5 Å². The van der Waals surface area contributed by atoms with E-state index in [1.165, 1.54) is 5.69 Å². The van der Waals surface area contributed by atoms with E-state index in [-0.39, 0.29) is 11.7 Å². The summed E-state index contributed by atoms with van der Waals surface area (Å²) in [6, 6.07) is 16.4. The first-order valence-corrected chi connectivity index (χ1v) is 10.7. The van der Waals surface area contributed by atoms with E-state index in [9.17, 15) is 4.79 Å². The number of rotatable bonds is 5. The molecule has 4 rings (SSSR count). The molecule has 0 radical (unpaired) electrons. The van der Waals surface area contributed by atoms with Crippen molar-refractivity contribution in [1.29, 1.82) is 0 Å². The normalized spacial score (nSPS) is 14.7. The highest BCUT2D eigenvalue weighted by atomic mass is 35.5. The molecule has 2 heterocycles. The highest BCUT2D eigenvalue weighted by molar-refractivity contribution is 6.36. The summed E-state index contributed by atoms with van der Waals surface area (Å²) in [5.74, 6) is 0.426. The summed E-state index contributed by atoms with van der Waals surface area (Å²) in [6.45, 7) is 7.47. The molecule has 1 N–H and O–H groups in total. The predicted molar refractivity (Wildman–Crippen MR) is 123 cm³/mol. The fraction of sp³-hybridized carbons (Fsp3) is 0.261. The number of anilines is 2. The van der Waals surface area contributed by atoms with Crippen molar-refractivity contribution in [1.82, 2.24) is 4.90 Å². The van der Waals surface area contributed by atoms with Crippen molar-refractivity contribution in [3.8, 4) is 11.3 Å². The van der Waals surface area contributed by atoms with Crippen LogP contribution in [0.25, 0.3) is 11.3 Å². The summed E-state index contributed by atoms with van der Waals surface area (Å²) in [7, 11) is 0. The van der Waals surface area contributed by atoms with Crippen molar-refractivity contribution in [2.45, 2.75) is 6.92 Å². The minimum absolute atomic E-state index is 0.218. The molecule has 156 valence electrons. The Morgan fingerprint density at radius 2 is 1.73 bits per heavy atom. The van der Waals surface area contributed by atoms with Gasteiger partial charge in [-0.2, -0.15) is 0 Å². The maximum absolute atomic E-state index is 12.6. The first kappa shape index (κ1) is 20.8. The zero-order valence-electron chi connectivity index (χ0n) is 16.7. The number of likely N-dealkylation sites (N-methyl/N-ethyl adjacent to an activating group) is 1. The van der Waals surface area contributed by atoms with Gasteiger partial charge in [0.25, 0.3) is 5.91 Å². The molecule has 0 atom stereocenters. The molecule has 2 aromatic carbocycles. The molecule has 1 aromatic heterocycles. The maximum Gasteiger partial charge on any atom is 0.291 e. The topological polar surface area (TPSA) is 48.7 Å². The molecule has 1 fully saturated rings. The number of nitrogens with one attached hydrogen (secondary N) is 1. The van der Waals surface area contributed by atoms with E-state index < -0.39 is 0 Å². The molecule has 3 aromatic rings. The third-order valence-electron chi connectivity index (χ3n) is 5.34. The average molecular weight is 444 g/mol. The van der Waals surface area contributed by atoms with Gasteiger partial charge in [0.1, 0.15) is 5.76 Å². The molecule has 0 saturated carbocycles. The lowest BCUT2D eigenvalue weighted by Gasteiger charge is -2.35. The van der Waals surface area contributed by atoms with E-state index in [1.54, 1.807) is 30.3 Å². The number of hydrogen-bond donors (Lipinski definition) is 1. The van der Waals surface area contributed by atoms with Gasteiger partial charge < -0.3 is 19.5 Å². The largest absolute Gasteiger partial charge is 0.451 e. The SMILES string of the molecule is CCN1CCN(c2ccc(NC(=O)c3ccc(-c4ccc(Cl)cc4Cl)o3)cc2)CC1. The third kappa shape index (κ3) is 4.64. The van der Waals surface area contributed by atoms with Crippen LogP contribution in [0.2, 0.25) is 10.0 Å². The van der Waals surface area contributed by atoms with E-state index >= 15 is 0 Å². The number of carbonyl (C=O) groups excluding carboxylic acids is 1. The lowest BCUT2D eigenvalue weighted by molar-refractivity contribution is 0.0997. The number of amides is 1. The number of benzene rings is 2. The number of halogens is 2. The second-order valence-electron chi connectivity index (χ2n) is 7.21. The highest BCUT2D eigenvalue weighted by Gasteiger charge is 2.17. The first-order valence-electron chi connectivity index (χ1n) is 9.97. The quantitative estimate of drug-likeness (QED) is 0.553. The van der Waals surface area contributed by atoms with E-state index in [2.05, 4.69) is 22.0 Å². The molecule has 1 aliphatic rings. The Balaban J connectivity index is 1.40. The van der Waals surface area contributed by atoms with Crippen LogP contribution in [0, 0.1) is 0 Å². The molecule has 1 amide bonds. The Labute approximate surface area is 186 Å². The number of carbonyl (C=O) groups is 1. The van der Waals surface area contributed by atoms with Gasteiger partial charge in [-0.3, -0.25) is 4.79 Å². The maximum atomic E-state index is 12.6. The van der Waals surface area contributed by atoms with Crippen molar-refractivity contribution in [2.24, 2.45) is 0 Å². The second-order valence-corrected chi connectivity index (χ2v) is 8.05. The van der Waals surface area contributed by atoms with Gasteiger partial charge in [-0.05, 0) is 61.1 Å². The predicted octanol–water partition coefficient (Wildman–Crippen LogP) is 5.65. The highest BCUT2D eigenvalue weighted by Crippen LogP contribution is 2.31. The summed E-state index contributed by atoms with van der Waals surface area (Å²) in [5.41, 5.74) is 2.58. The Hall–Kier alpha value is -2.47. The molecule has 0 unspecified atom stereocenters. The van der Waals surface area contributed by atoms with Crippen molar-refractivity contribution in [2.75, 3.05) is 42.9 Å². The number of nitrogens with zero attached hydrogens (tertiary/aromatic N) is 2. The number of furan rings is 1. The van der Waals surface area contributed by atoms with E-state index in [4.69, 9.17) is 27.6 Å². The molecule has 0 spiro atoms. The summed E-state index contributed by atoms with van der Waals surface area (Å²) >= 11 is 12.2. The van der Waals surface area contributed by atoms with E-state index in [0.717, 1.165) is 38.4 Å². The molecule has 7 heteroatoms. The van der Waals surface area contributed by atoms with Crippen LogP contribution in [-0.2, 0) is 0 Å². The van der Waals surface area contributed by atoms with Crippen LogP contribution in [-0.4, -0.2) is 43.5 Å². The fourth-order valence-electron chi connectivity index (χ4n) is 3.56. The molecule has 0 aliphatic carbocycles. The first-order chi connectivity index (χ1) is 14.5. The van der Waals surface area contributed by atoms with Gasteiger partial charge in [0.2, 0.25) is 0 Å². The minimum Gasteiger partial charge on any atom is -0.451 e. The van der Waals surface area contributed by atoms with Gasteiger partial charge in [-0.15, -0.1) is 0 Å². The van der Waals surface area contributed by atoms with E-state index in [1.807, 2.05) is 24.3 Å². The Bertz CT molecular complexity index is 1030. The lowest BCUT2D eigenvalue weighted by Crippen LogP contribution is -2.46. The zero-order chi connectivity index (χ0) is 21.1. The van der Waals surface area contributed by atoms with Crippen LogP contribution in [0.3, 0.4) is 0 Å². The van der Waals surface area contributed by atoms with Gasteiger partial charge in [0.15, 0.2) is 5.76 Å². The zero-order valence-corrected chi connectivity index (χ0v) is 18.2. The fourth-order valence-corrected chi connectivity index (χ4v) is 4.07. The standard InChI is InChI=1S/C23H23Cl2N3O2/c1-2-27-11-13-28(14-12-27)18-6-4-17(5-7-18)26-23(29)22-10-9-21(30-22)19-8-3-16(24)15-20(19)25/h3-10,15H,2,11-14H2,1H3,(H,26,29). The van der Waals surface area contributed by atoms with Gasteiger partial charge in [0.05, 0.1) is 5.02 Å². The number of piperazine rings is 1. The molecule has 0 bridgehead atoms. The minimum atomic E-state index is -0.310. The monoisotopic (exact) mass is 443 g/mol. The van der Waals surface area contributed by atoms with Crippen LogP contribution in [0.4, 0.5) is 11.4 Å².